The molecular formula is C28H30N2O5S. The molecule has 4 rings (SSSR count). The molecule has 0 unspecified atom stereocenters. The van der Waals surface area contributed by atoms with E-state index in [2.05, 4.69) is 23.8 Å². The third-order valence-electron chi connectivity index (χ3n) is 5.92. The van der Waals surface area contributed by atoms with E-state index in [4.69, 9.17) is 14.2 Å². The Bertz CT molecular complexity index is 1120. The molecule has 1 aromatic heterocycles. The number of amides is 1. The molecule has 2 N–H and O–H groups in total. The maximum absolute atomic E-state index is 11.8. The van der Waals surface area contributed by atoms with E-state index in [1.165, 1.54) is 6.08 Å². The minimum absolute atomic E-state index is 0.00203. The number of nitrogens with one attached hydrogen (secondary N) is 1. The van der Waals surface area contributed by atoms with Crippen LogP contribution in [0.1, 0.15) is 36.0 Å². The lowest BCUT2D eigenvalue weighted by atomic mass is 9.91. The van der Waals surface area contributed by atoms with Crippen molar-refractivity contribution in [3.63, 3.8) is 0 Å². The van der Waals surface area contributed by atoms with E-state index < -0.39 is 12.4 Å². The molecule has 1 saturated heterocycles. The first-order chi connectivity index (χ1) is 17.6. The third-order valence-corrected chi connectivity index (χ3v) is 6.95. The van der Waals surface area contributed by atoms with Gasteiger partial charge in [0.1, 0.15) is 6.61 Å². The molecule has 188 valence electrons. The Morgan fingerprint density at radius 1 is 1.11 bits per heavy atom. The van der Waals surface area contributed by atoms with E-state index in [1.54, 1.807) is 30.1 Å². The van der Waals surface area contributed by atoms with Crippen LogP contribution < -0.4 is 5.32 Å². The summed E-state index contributed by atoms with van der Waals surface area (Å²) in [5, 5.41) is 13.1. The van der Waals surface area contributed by atoms with Gasteiger partial charge in [-0.25, -0.2) is 9.78 Å². The van der Waals surface area contributed by atoms with Gasteiger partial charge in [-0.05, 0) is 35.4 Å². The van der Waals surface area contributed by atoms with E-state index in [1.807, 2.05) is 54.6 Å². The second kappa shape index (κ2) is 12.7. The summed E-state index contributed by atoms with van der Waals surface area (Å²) in [6, 6.07) is 21.0. The van der Waals surface area contributed by atoms with Crippen LogP contribution in [0, 0.1) is 5.92 Å². The number of carbonyl (C=O) groups is 1. The summed E-state index contributed by atoms with van der Waals surface area (Å²) in [5.41, 5.74) is 3.34. The minimum Gasteiger partial charge on any atom is -0.445 e. The SMILES string of the molecule is C=CCOC(=O)Nc1ccc([C@H]2O[C@@H](CSc3ccccn3)[C@@H](C)[C@@H](c3ccc(CO)cc3)O2)cc1. The number of nitrogens with zero attached hydrogens (tertiary/aromatic N) is 1. The maximum atomic E-state index is 11.8. The number of anilines is 1. The average Bonchev–Trinajstić information content (AvgIpc) is 2.92. The van der Waals surface area contributed by atoms with Crippen molar-refractivity contribution >= 4 is 23.5 Å². The molecule has 0 bridgehead atoms. The summed E-state index contributed by atoms with van der Waals surface area (Å²) in [6.45, 7) is 5.80. The fourth-order valence-electron chi connectivity index (χ4n) is 3.92. The normalized spacial score (nSPS) is 21.5. The summed E-state index contributed by atoms with van der Waals surface area (Å²) in [6.07, 6.45) is 1.88. The molecule has 0 spiro atoms. The highest BCUT2D eigenvalue weighted by molar-refractivity contribution is 7.99. The number of carbonyl (C=O) groups excluding carboxylic acids is 1. The number of hydrogen-bond acceptors (Lipinski definition) is 7. The van der Waals surface area contributed by atoms with Gasteiger partial charge in [0.15, 0.2) is 6.29 Å². The number of rotatable bonds is 9. The highest BCUT2D eigenvalue weighted by Gasteiger charge is 2.38. The number of benzene rings is 2. The number of aliphatic hydroxyl groups is 1. The Labute approximate surface area is 215 Å². The lowest BCUT2D eigenvalue weighted by molar-refractivity contribution is -0.268. The molecule has 0 radical (unpaired) electrons. The second-order valence-corrected chi connectivity index (χ2v) is 9.48. The molecule has 1 fully saturated rings. The third kappa shape index (κ3) is 6.73. The fraction of sp³-hybridized carbons (Fsp3) is 0.286. The van der Waals surface area contributed by atoms with E-state index in [9.17, 15) is 9.90 Å². The van der Waals surface area contributed by atoms with Crippen molar-refractivity contribution in [2.75, 3.05) is 17.7 Å². The molecule has 7 nitrogen and oxygen atoms in total. The number of pyridine rings is 1. The van der Waals surface area contributed by atoms with Crippen molar-refractivity contribution in [3.8, 4) is 0 Å². The molecule has 8 heteroatoms. The lowest BCUT2D eigenvalue weighted by Crippen LogP contribution is -2.38. The largest absolute Gasteiger partial charge is 0.445 e. The first kappa shape index (κ1) is 25.9. The maximum Gasteiger partial charge on any atom is 0.411 e. The number of ether oxygens (including phenoxy) is 3. The Balaban J connectivity index is 1.52. The van der Waals surface area contributed by atoms with Crippen molar-refractivity contribution in [3.05, 3.63) is 102 Å². The van der Waals surface area contributed by atoms with E-state index in [0.29, 0.717) is 5.69 Å². The molecule has 0 aliphatic carbocycles. The van der Waals surface area contributed by atoms with Gasteiger partial charge < -0.3 is 19.3 Å². The second-order valence-electron chi connectivity index (χ2n) is 8.44. The predicted octanol–water partition coefficient (Wildman–Crippen LogP) is 5.89. The van der Waals surface area contributed by atoms with Crippen molar-refractivity contribution < 1.29 is 24.1 Å². The first-order valence-corrected chi connectivity index (χ1v) is 12.7. The van der Waals surface area contributed by atoms with Crippen LogP contribution in [0.3, 0.4) is 0 Å². The van der Waals surface area contributed by atoms with Crippen molar-refractivity contribution in [2.24, 2.45) is 5.92 Å². The highest BCUT2D eigenvalue weighted by atomic mass is 32.2. The van der Waals surface area contributed by atoms with Gasteiger partial charge in [0.05, 0.1) is 23.8 Å². The molecule has 1 aliphatic rings. The molecule has 36 heavy (non-hydrogen) atoms. The number of hydrogen-bond donors (Lipinski definition) is 2. The summed E-state index contributed by atoms with van der Waals surface area (Å²) in [7, 11) is 0. The van der Waals surface area contributed by atoms with Gasteiger partial charge in [0.25, 0.3) is 0 Å². The van der Waals surface area contributed by atoms with Gasteiger partial charge in [-0.1, -0.05) is 62.0 Å². The summed E-state index contributed by atoms with van der Waals surface area (Å²) >= 11 is 1.65. The lowest BCUT2D eigenvalue weighted by Gasteiger charge is -2.41. The molecule has 2 aromatic carbocycles. The van der Waals surface area contributed by atoms with Crippen LogP contribution >= 0.6 is 11.8 Å². The molecule has 3 aromatic rings. The van der Waals surface area contributed by atoms with Crippen molar-refractivity contribution in [1.29, 1.82) is 0 Å². The highest BCUT2D eigenvalue weighted by Crippen LogP contribution is 2.43. The topological polar surface area (TPSA) is 89.9 Å². The smallest absolute Gasteiger partial charge is 0.411 e. The molecule has 0 saturated carbocycles. The summed E-state index contributed by atoms with van der Waals surface area (Å²) in [4.78, 5) is 16.2. The van der Waals surface area contributed by atoms with Crippen LogP contribution in [0.25, 0.3) is 0 Å². The number of aromatic nitrogens is 1. The molecule has 1 aliphatic heterocycles. The van der Waals surface area contributed by atoms with E-state index >= 15 is 0 Å². The van der Waals surface area contributed by atoms with Gasteiger partial charge in [-0.3, -0.25) is 5.32 Å². The fourth-order valence-corrected chi connectivity index (χ4v) is 4.95. The van der Waals surface area contributed by atoms with Crippen LogP contribution in [0.15, 0.2) is 90.6 Å². The van der Waals surface area contributed by atoms with Gasteiger partial charge >= 0.3 is 6.09 Å². The van der Waals surface area contributed by atoms with Gasteiger partial charge in [-0.2, -0.15) is 0 Å². The van der Waals surface area contributed by atoms with Crippen LogP contribution in [0.5, 0.6) is 0 Å². The Kier molecular flexibility index (Phi) is 9.13. The van der Waals surface area contributed by atoms with Gasteiger partial charge in [-0.15, -0.1) is 11.8 Å². The predicted molar refractivity (Wildman–Crippen MR) is 140 cm³/mol. The Morgan fingerprint density at radius 3 is 2.53 bits per heavy atom. The monoisotopic (exact) mass is 506 g/mol. The zero-order valence-corrected chi connectivity index (χ0v) is 20.9. The Hall–Kier alpha value is -3.17. The summed E-state index contributed by atoms with van der Waals surface area (Å²) in [5.74, 6) is 0.802. The average molecular weight is 507 g/mol. The van der Waals surface area contributed by atoms with Gasteiger partial charge in [0, 0.05) is 29.1 Å². The van der Waals surface area contributed by atoms with Crippen molar-refractivity contribution in [2.45, 2.75) is 37.1 Å². The van der Waals surface area contributed by atoms with E-state index in [-0.39, 0.29) is 31.3 Å². The molecule has 4 atom stereocenters. The van der Waals surface area contributed by atoms with Crippen LogP contribution in [-0.4, -0.2) is 34.6 Å². The zero-order valence-electron chi connectivity index (χ0n) is 20.1. The molecule has 1 amide bonds. The Morgan fingerprint density at radius 2 is 1.86 bits per heavy atom. The van der Waals surface area contributed by atoms with Gasteiger partial charge in [0.2, 0.25) is 0 Å². The molecule has 2 heterocycles. The standard InChI is InChI=1S/C28H30N2O5S/c1-3-16-33-28(32)30-23-13-11-22(12-14-23)27-34-24(18-36-25-6-4-5-15-29-25)19(2)26(35-27)21-9-7-20(17-31)8-10-21/h3-15,19,24,26-27,31H,1,16-18H2,2H3,(H,30,32)/t19-,24+,26+,27+/m1/s1. The number of thioether (sulfide) groups is 1. The first-order valence-electron chi connectivity index (χ1n) is 11.8. The van der Waals surface area contributed by atoms with Crippen LogP contribution in [0.2, 0.25) is 0 Å². The molecular weight excluding hydrogens is 476 g/mol. The zero-order chi connectivity index (χ0) is 25.3. The number of aliphatic hydroxyl groups excluding tert-OH is 1. The summed E-state index contributed by atoms with van der Waals surface area (Å²) < 4.78 is 17.9. The minimum atomic E-state index is -0.584. The van der Waals surface area contributed by atoms with E-state index in [0.717, 1.165) is 27.5 Å². The van der Waals surface area contributed by atoms with Crippen LogP contribution in [0.4, 0.5) is 10.5 Å². The van der Waals surface area contributed by atoms with Crippen LogP contribution in [-0.2, 0) is 20.8 Å². The van der Waals surface area contributed by atoms with Crippen molar-refractivity contribution in [1.82, 2.24) is 4.98 Å². The quantitative estimate of drug-likeness (QED) is 0.276.